The first-order valence-corrected chi connectivity index (χ1v) is 8.01. The number of carboxylic acid groups (broad SMARTS) is 1. The maximum absolute atomic E-state index is 11.3. The monoisotopic (exact) mass is 290 g/mol. The fourth-order valence-electron chi connectivity index (χ4n) is 3.05. The van der Waals surface area contributed by atoms with E-state index < -0.39 is 5.97 Å². The first-order valence-electron chi connectivity index (χ1n) is 8.01. The average molecular weight is 290 g/mol. The molecule has 2 rings (SSSR count). The first kappa shape index (κ1) is 15.8. The van der Waals surface area contributed by atoms with Gasteiger partial charge in [-0.25, -0.2) is 9.78 Å². The van der Waals surface area contributed by atoms with E-state index in [1.54, 1.807) is 12.1 Å². The van der Waals surface area contributed by atoms with Crippen LogP contribution >= 0.6 is 0 Å². The summed E-state index contributed by atoms with van der Waals surface area (Å²) < 4.78 is 0. The van der Waals surface area contributed by atoms with Crippen LogP contribution in [0, 0.1) is 5.92 Å². The van der Waals surface area contributed by atoms with E-state index in [4.69, 9.17) is 0 Å². The van der Waals surface area contributed by atoms with Gasteiger partial charge in [0.1, 0.15) is 5.82 Å². The lowest BCUT2D eigenvalue weighted by Gasteiger charge is -2.29. The summed E-state index contributed by atoms with van der Waals surface area (Å²) >= 11 is 0. The Morgan fingerprint density at radius 1 is 1.43 bits per heavy atom. The summed E-state index contributed by atoms with van der Waals surface area (Å²) in [4.78, 5) is 15.8. The lowest BCUT2D eigenvalue weighted by Crippen LogP contribution is -2.27. The molecule has 2 atom stereocenters. The molecule has 4 heteroatoms. The topological polar surface area (TPSA) is 62.2 Å². The normalized spacial score (nSPS) is 22.3. The van der Waals surface area contributed by atoms with Crippen molar-refractivity contribution in [2.45, 2.75) is 64.8 Å². The molecule has 0 radical (unpaired) electrons. The molecule has 1 aliphatic rings. The van der Waals surface area contributed by atoms with Crippen LogP contribution in [0.5, 0.6) is 0 Å². The molecule has 0 amide bonds. The largest absolute Gasteiger partial charge is 0.478 e. The maximum Gasteiger partial charge on any atom is 0.335 e. The molecule has 0 aliphatic heterocycles. The van der Waals surface area contributed by atoms with Crippen molar-refractivity contribution in [1.82, 2.24) is 4.98 Å². The van der Waals surface area contributed by atoms with Crippen LogP contribution in [0.4, 0.5) is 5.82 Å². The Hall–Kier alpha value is -1.58. The summed E-state index contributed by atoms with van der Waals surface area (Å²) in [6.07, 6.45) is 6.08. The smallest absolute Gasteiger partial charge is 0.335 e. The predicted molar refractivity (Wildman–Crippen MR) is 84.9 cm³/mol. The third kappa shape index (κ3) is 4.19. The molecule has 1 aromatic heterocycles. The number of nitrogens with zero attached hydrogens (tertiary/aromatic N) is 1. The van der Waals surface area contributed by atoms with E-state index >= 15 is 0 Å². The highest BCUT2D eigenvalue weighted by atomic mass is 16.4. The van der Waals surface area contributed by atoms with Crippen LogP contribution in [0.15, 0.2) is 12.1 Å². The lowest BCUT2D eigenvalue weighted by atomic mass is 9.84. The van der Waals surface area contributed by atoms with E-state index in [1.807, 2.05) is 13.8 Å². The van der Waals surface area contributed by atoms with Gasteiger partial charge in [0.05, 0.1) is 5.56 Å². The molecular formula is C17H26N2O2. The summed E-state index contributed by atoms with van der Waals surface area (Å²) in [6.45, 7) is 6.31. The number of aromatic nitrogens is 1. The molecule has 1 aliphatic carbocycles. The molecule has 1 aromatic rings. The van der Waals surface area contributed by atoms with E-state index in [-0.39, 0.29) is 5.92 Å². The second-order valence-electron chi connectivity index (χ2n) is 6.41. The van der Waals surface area contributed by atoms with Crippen molar-refractivity contribution in [3.05, 3.63) is 23.4 Å². The fourth-order valence-corrected chi connectivity index (χ4v) is 3.05. The van der Waals surface area contributed by atoms with Crippen molar-refractivity contribution < 1.29 is 9.90 Å². The molecule has 21 heavy (non-hydrogen) atoms. The van der Waals surface area contributed by atoms with Crippen LogP contribution in [-0.4, -0.2) is 22.1 Å². The maximum atomic E-state index is 11.3. The second-order valence-corrected chi connectivity index (χ2v) is 6.41. The summed E-state index contributed by atoms with van der Waals surface area (Å²) in [5.74, 6) is 0.820. The van der Waals surface area contributed by atoms with Crippen molar-refractivity contribution in [3.8, 4) is 0 Å². The standard InChI is InChI=1S/C17H26N2O2/c1-4-12-6-5-7-14(8-12)18-16-10-13(17(20)21)9-15(19-16)11(2)3/h9-12,14H,4-8H2,1-3H3,(H,18,19)(H,20,21). The predicted octanol–water partition coefficient (Wildman–Crippen LogP) is 4.28. The number of carbonyl (C=O) groups is 1. The van der Waals surface area contributed by atoms with Gasteiger partial charge in [-0.2, -0.15) is 0 Å². The van der Waals surface area contributed by atoms with Crippen LogP contribution in [0.2, 0.25) is 0 Å². The van der Waals surface area contributed by atoms with Gasteiger partial charge in [-0.3, -0.25) is 0 Å². The molecule has 116 valence electrons. The van der Waals surface area contributed by atoms with Gasteiger partial charge >= 0.3 is 5.97 Å². The Balaban J connectivity index is 2.16. The molecule has 0 bridgehead atoms. The molecule has 0 aromatic carbocycles. The molecule has 2 unspecified atom stereocenters. The van der Waals surface area contributed by atoms with Gasteiger partial charge in [-0.15, -0.1) is 0 Å². The van der Waals surface area contributed by atoms with Crippen LogP contribution in [0.25, 0.3) is 0 Å². The Bertz CT molecular complexity index is 500. The molecular weight excluding hydrogens is 264 g/mol. The molecule has 0 spiro atoms. The Morgan fingerprint density at radius 2 is 2.19 bits per heavy atom. The van der Waals surface area contributed by atoms with Crippen molar-refractivity contribution >= 4 is 11.8 Å². The highest BCUT2D eigenvalue weighted by Crippen LogP contribution is 2.29. The van der Waals surface area contributed by atoms with E-state index in [1.165, 1.54) is 19.3 Å². The van der Waals surface area contributed by atoms with Crippen LogP contribution < -0.4 is 5.32 Å². The molecule has 1 heterocycles. The van der Waals surface area contributed by atoms with Crippen molar-refractivity contribution in [2.75, 3.05) is 5.32 Å². The van der Waals surface area contributed by atoms with Gasteiger partial charge in [-0.05, 0) is 36.8 Å². The van der Waals surface area contributed by atoms with Gasteiger partial charge in [0.25, 0.3) is 0 Å². The summed E-state index contributed by atoms with van der Waals surface area (Å²) in [6, 6.07) is 3.75. The number of pyridine rings is 1. The molecule has 2 N–H and O–H groups in total. The Morgan fingerprint density at radius 3 is 2.81 bits per heavy atom. The van der Waals surface area contributed by atoms with Crippen LogP contribution in [0.3, 0.4) is 0 Å². The van der Waals surface area contributed by atoms with E-state index in [9.17, 15) is 9.90 Å². The van der Waals surface area contributed by atoms with Crippen molar-refractivity contribution in [1.29, 1.82) is 0 Å². The highest BCUT2D eigenvalue weighted by molar-refractivity contribution is 5.88. The summed E-state index contributed by atoms with van der Waals surface area (Å²) in [5.41, 5.74) is 1.15. The number of aromatic carboxylic acids is 1. The minimum atomic E-state index is -0.891. The SMILES string of the molecule is CCC1CCCC(Nc2cc(C(=O)O)cc(C(C)C)n2)C1. The minimum Gasteiger partial charge on any atom is -0.478 e. The fraction of sp³-hybridized carbons (Fsp3) is 0.647. The molecule has 1 fully saturated rings. The number of carboxylic acids is 1. The van der Waals surface area contributed by atoms with Crippen LogP contribution in [-0.2, 0) is 0 Å². The zero-order valence-electron chi connectivity index (χ0n) is 13.2. The molecule has 1 saturated carbocycles. The second kappa shape index (κ2) is 6.92. The van der Waals surface area contributed by atoms with Crippen molar-refractivity contribution in [3.63, 3.8) is 0 Å². The number of hydrogen-bond donors (Lipinski definition) is 2. The van der Waals surface area contributed by atoms with Gasteiger partial charge in [0, 0.05) is 11.7 Å². The van der Waals surface area contributed by atoms with E-state index in [0.29, 0.717) is 17.4 Å². The number of nitrogens with one attached hydrogen (secondary N) is 1. The lowest BCUT2D eigenvalue weighted by molar-refractivity contribution is 0.0696. The van der Waals surface area contributed by atoms with E-state index in [0.717, 1.165) is 24.5 Å². The third-order valence-electron chi connectivity index (χ3n) is 4.40. The quantitative estimate of drug-likeness (QED) is 0.849. The summed E-state index contributed by atoms with van der Waals surface area (Å²) in [7, 11) is 0. The average Bonchev–Trinajstić information content (AvgIpc) is 2.47. The Labute approximate surface area is 127 Å². The first-order chi connectivity index (χ1) is 9.99. The van der Waals surface area contributed by atoms with Gasteiger partial charge < -0.3 is 10.4 Å². The zero-order valence-corrected chi connectivity index (χ0v) is 13.2. The van der Waals surface area contributed by atoms with Crippen molar-refractivity contribution in [2.24, 2.45) is 5.92 Å². The molecule has 0 saturated heterocycles. The van der Waals surface area contributed by atoms with Gasteiger partial charge in [0.2, 0.25) is 0 Å². The van der Waals surface area contributed by atoms with Crippen LogP contribution in [0.1, 0.15) is 74.8 Å². The highest BCUT2D eigenvalue weighted by Gasteiger charge is 2.21. The van der Waals surface area contributed by atoms with Gasteiger partial charge in [-0.1, -0.05) is 40.0 Å². The Kier molecular flexibility index (Phi) is 5.21. The van der Waals surface area contributed by atoms with Gasteiger partial charge in [0.15, 0.2) is 0 Å². The third-order valence-corrected chi connectivity index (χ3v) is 4.40. The number of hydrogen-bond acceptors (Lipinski definition) is 3. The zero-order chi connectivity index (χ0) is 15.4. The number of rotatable bonds is 5. The van der Waals surface area contributed by atoms with E-state index in [2.05, 4.69) is 17.2 Å². The number of anilines is 1. The summed E-state index contributed by atoms with van der Waals surface area (Å²) in [5, 5.41) is 12.7. The minimum absolute atomic E-state index is 0.222. The molecule has 4 nitrogen and oxygen atoms in total.